The molecular weight excluding hydrogens is 330 g/mol. The first-order valence-corrected chi connectivity index (χ1v) is 10.2. The van der Waals surface area contributed by atoms with Crippen molar-refractivity contribution < 1.29 is 9.32 Å². The molecule has 144 valence electrons. The van der Waals surface area contributed by atoms with E-state index < -0.39 is 0 Å². The van der Waals surface area contributed by atoms with Gasteiger partial charge in [0.15, 0.2) is 5.82 Å². The monoisotopic (exact) mass is 361 g/mol. The highest BCUT2D eigenvalue weighted by Crippen LogP contribution is 2.45. The summed E-state index contributed by atoms with van der Waals surface area (Å²) in [6.07, 6.45) is 5.51. The number of fused-ring (bicyclic) bond motifs is 1. The summed E-state index contributed by atoms with van der Waals surface area (Å²) in [5.74, 6) is 2.38. The maximum Gasteiger partial charge on any atom is 0.243 e. The molecule has 1 saturated carbocycles. The van der Waals surface area contributed by atoms with Crippen LogP contribution in [0.5, 0.6) is 0 Å². The van der Waals surface area contributed by atoms with Crippen molar-refractivity contribution in [3.8, 4) is 0 Å². The molecule has 7 heteroatoms. The molecule has 0 radical (unpaired) electrons. The third kappa shape index (κ3) is 3.05. The lowest BCUT2D eigenvalue weighted by Gasteiger charge is -2.44. The summed E-state index contributed by atoms with van der Waals surface area (Å²) in [5, 5.41) is 7.50. The molecule has 1 aromatic heterocycles. The second kappa shape index (κ2) is 7.27. The van der Waals surface area contributed by atoms with E-state index in [0.717, 1.165) is 57.9 Å². The second-order valence-electron chi connectivity index (χ2n) is 8.14. The fraction of sp³-hybridized carbons (Fsp3) is 0.842. The maximum atomic E-state index is 13.4. The van der Waals surface area contributed by atoms with Crippen molar-refractivity contribution in [1.29, 1.82) is 0 Å². The molecule has 3 aliphatic rings. The minimum Gasteiger partial charge on any atom is -0.340 e. The zero-order chi connectivity index (χ0) is 18.1. The zero-order valence-corrected chi connectivity index (χ0v) is 16.0. The Morgan fingerprint density at radius 3 is 2.88 bits per heavy atom. The minimum absolute atomic E-state index is 0.105. The van der Waals surface area contributed by atoms with Crippen molar-refractivity contribution in [1.82, 2.24) is 25.3 Å². The molecule has 3 heterocycles. The van der Waals surface area contributed by atoms with Gasteiger partial charge in [0.2, 0.25) is 11.8 Å². The minimum atomic E-state index is -0.130. The number of amides is 1. The van der Waals surface area contributed by atoms with Crippen molar-refractivity contribution in [2.24, 2.45) is 11.3 Å². The van der Waals surface area contributed by atoms with E-state index in [4.69, 9.17) is 4.52 Å². The molecule has 7 nitrogen and oxygen atoms in total. The second-order valence-corrected chi connectivity index (χ2v) is 8.14. The van der Waals surface area contributed by atoms with Gasteiger partial charge in [0.25, 0.3) is 0 Å². The third-order valence-corrected chi connectivity index (χ3v) is 6.77. The maximum absolute atomic E-state index is 13.4. The molecule has 2 saturated heterocycles. The van der Waals surface area contributed by atoms with E-state index in [1.807, 2.05) is 6.92 Å². The lowest BCUT2D eigenvalue weighted by Crippen LogP contribution is -2.56. The van der Waals surface area contributed by atoms with Gasteiger partial charge >= 0.3 is 0 Å². The fourth-order valence-electron chi connectivity index (χ4n) is 5.03. The van der Waals surface area contributed by atoms with Crippen LogP contribution < -0.4 is 5.32 Å². The van der Waals surface area contributed by atoms with E-state index in [2.05, 4.69) is 32.2 Å². The van der Waals surface area contributed by atoms with E-state index in [-0.39, 0.29) is 11.5 Å². The Hall–Kier alpha value is -1.47. The number of nitrogens with one attached hydrogen (secondary N) is 1. The molecule has 3 atom stereocenters. The number of aromatic nitrogens is 2. The fourth-order valence-corrected chi connectivity index (χ4v) is 5.03. The molecule has 0 spiro atoms. The van der Waals surface area contributed by atoms with E-state index >= 15 is 0 Å². The molecule has 1 unspecified atom stereocenters. The van der Waals surface area contributed by atoms with Gasteiger partial charge in [-0.15, -0.1) is 0 Å². The van der Waals surface area contributed by atoms with Gasteiger partial charge in [-0.3, -0.25) is 9.69 Å². The predicted octanol–water partition coefficient (Wildman–Crippen LogP) is 1.62. The molecule has 1 N–H and O–H groups in total. The standard InChI is InChI=1S/C19H31N5O2/c1-3-16-21-17(26-22-16)14(2)23-8-10-24(11-9-23)18(25)19-7-5-4-6-15(19)12-20-13-19/h14-15,20H,3-13H2,1-2H3/t14?,15-,19+/m0/s1. The lowest BCUT2D eigenvalue weighted by molar-refractivity contribution is -0.147. The van der Waals surface area contributed by atoms with Crippen LogP contribution >= 0.6 is 0 Å². The van der Waals surface area contributed by atoms with Crippen LogP contribution in [0.3, 0.4) is 0 Å². The Balaban J connectivity index is 1.38. The molecule has 1 aliphatic carbocycles. The SMILES string of the molecule is CCc1noc(C(C)N2CCN(C(=O)[C@@]34CCCC[C@H]3CNC4)CC2)n1. The van der Waals surface area contributed by atoms with Gasteiger partial charge in [-0.25, -0.2) is 0 Å². The van der Waals surface area contributed by atoms with Gasteiger partial charge in [-0.1, -0.05) is 24.9 Å². The average Bonchev–Trinajstić information content (AvgIpc) is 3.34. The highest BCUT2D eigenvalue weighted by atomic mass is 16.5. The van der Waals surface area contributed by atoms with Crippen molar-refractivity contribution in [3.63, 3.8) is 0 Å². The summed E-state index contributed by atoms with van der Waals surface area (Å²) in [7, 11) is 0. The molecule has 3 fully saturated rings. The molecule has 1 aromatic rings. The number of hydrogen-bond donors (Lipinski definition) is 1. The number of piperazine rings is 1. The van der Waals surface area contributed by atoms with Crippen LogP contribution in [0.25, 0.3) is 0 Å². The number of carbonyl (C=O) groups is 1. The first-order chi connectivity index (χ1) is 12.6. The number of carbonyl (C=O) groups excluding carboxylic acids is 1. The van der Waals surface area contributed by atoms with Gasteiger partial charge in [-0.05, 0) is 32.2 Å². The van der Waals surface area contributed by atoms with E-state index in [1.54, 1.807) is 0 Å². The molecule has 0 aromatic carbocycles. The average molecular weight is 361 g/mol. The summed E-state index contributed by atoms with van der Waals surface area (Å²) in [6, 6.07) is 0.105. The Bertz CT molecular complexity index is 640. The van der Waals surface area contributed by atoms with Gasteiger partial charge in [0, 0.05) is 39.1 Å². The Kier molecular flexibility index (Phi) is 5.01. The highest BCUT2D eigenvalue weighted by molar-refractivity contribution is 5.84. The number of hydrogen-bond acceptors (Lipinski definition) is 6. The number of aryl methyl sites for hydroxylation is 1. The normalized spacial score (nSPS) is 31.0. The van der Waals surface area contributed by atoms with Crippen LogP contribution in [-0.2, 0) is 11.2 Å². The van der Waals surface area contributed by atoms with Crippen LogP contribution in [0.15, 0.2) is 4.52 Å². The Morgan fingerprint density at radius 2 is 2.15 bits per heavy atom. The van der Waals surface area contributed by atoms with Crippen LogP contribution in [0.4, 0.5) is 0 Å². The number of nitrogens with zero attached hydrogens (tertiary/aromatic N) is 4. The number of rotatable bonds is 4. The quantitative estimate of drug-likeness (QED) is 0.878. The van der Waals surface area contributed by atoms with Crippen LogP contribution in [-0.4, -0.2) is 65.1 Å². The summed E-state index contributed by atoms with van der Waals surface area (Å²) >= 11 is 0. The highest BCUT2D eigenvalue weighted by Gasteiger charge is 2.51. The summed E-state index contributed by atoms with van der Waals surface area (Å²) in [6.45, 7) is 9.35. The van der Waals surface area contributed by atoms with Gasteiger partial charge < -0.3 is 14.7 Å². The van der Waals surface area contributed by atoms with Crippen LogP contribution in [0.1, 0.15) is 57.3 Å². The molecule has 0 bridgehead atoms. The molecular formula is C19H31N5O2. The summed E-state index contributed by atoms with van der Waals surface area (Å²) < 4.78 is 5.40. The zero-order valence-electron chi connectivity index (χ0n) is 16.0. The summed E-state index contributed by atoms with van der Waals surface area (Å²) in [4.78, 5) is 22.3. The Morgan fingerprint density at radius 1 is 1.35 bits per heavy atom. The predicted molar refractivity (Wildman–Crippen MR) is 97.5 cm³/mol. The Labute approximate surface area is 155 Å². The summed E-state index contributed by atoms with van der Waals surface area (Å²) in [5.41, 5.74) is -0.130. The van der Waals surface area contributed by atoms with Crippen molar-refractivity contribution in [2.45, 2.75) is 52.0 Å². The topological polar surface area (TPSA) is 74.5 Å². The van der Waals surface area contributed by atoms with E-state index in [9.17, 15) is 4.79 Å². The first kappa shape index (κ1) is 17.9. The molecule has 1 amide bonds. The van der Waals surface area contributed by atoms with E-state index in [1.165, 1.54) is 19.3 Å². The van der Waals surface area contributed by atoms with Crippen molar-refractivity contribution in [2.75, 3.05) is 39.3 Å². The van der Waals surface area contributed by atoms with E-state index in [0.29, 0.717) is 17.7 Å². The van der Waals surface area contributed by atoms with Crippen LogP contribution in [0.2, 0.25) is 0 Å². The molecule has 2 aliphatic heterocycles. The van der Waals surface area contributed by atoms with Crippen molar-refractivity contribution >= 4 is 5.91 Å². The van der Waals surface area contributed by atoms with Gasteiger partial charge in [0.05, 0.1) is 11.5 Å². The largest absolute Gasteiger partial charge is 0.340 e. The lowest BCUT2D eigenvalue weighted by atomic mass is 9.67. The first-order valence-electron chi connectivity index (χ1n) is 10.2. The van der Waals surface area contributed by atoms with Gasteiger partial charge in [0.1, 0.15) is 0 Å². The molecule has 4 rings (SSSR count). The van der Waals surface area contributed by atoms with Crippen LogP contribution in [0, 0.1) is 11.3 Å². The van der Waals surface area contributed by atoms with Gasteiger partial charge in [-0.2, -0.15) is 4.98 Å². The third-order valence-electron chi connectivity index (χ3n) is 6.77. The smallest absolute Gasteiger partial charge is 0.243 e. The van der Waals surface area contributed by atoms with Crippen molar-refractivity contribution in [3.05, 3.63) is 11.7 Å². The molecule has 26 heavy (non-hydrogen) atoms.